The number of hydrogen-bond donors (Lipinski definition) is 2. The van der Waals surface area contributed by atoms with Gasteiger partial charge in [0, 0.05) is 18.1 Å². The van der Waals surface area contributed by atoms with E-state index in [0.29, 0.717) is 11.6 Å². The fourth-order valence-corrected chi connectivity index (χ4v) is 4.45. The number of carbonyl (C=O) groups excluding carboxylic acids is 1. The minimum Gasteiger partial charge on any atom is -0.347 e. The molecule has 1 aliphatic rings. The quantitative estimate of drug-likeness (QED) is 0.627. The number of thiazole rings is 1. The van der Waals surface area contributed by atoms with Crippen LogP contribution in [0.5, 0.6) is 0 Å². The Kier molecular flexibility index (Phi) is 5.18. The van der Waals surface area contributed by atoms with Gasteiger partial charge in [-0.15, -0.1) is 0 Å². The second-order valence-corrected chi connectivity index (χ2v) is 8.24. The van der Waals surface area contributed by atoms with E-state index in [-0.39, 0.29) is 11.8 Å². The highest BCUT2D eigenvalue weighted by Gasteiger charge is 2.27. The molecule has 2 N–H and O–H groups in total. The minimum atomic E-state index is -0.0702. The number of para-hydroxylation sites is 1. The van der Waals surface area contributed by atoms with E-state index < -0.39 is 0 Å². The number of piperidine rings is 1. The number of carbonyl (C=O) groups is 1. The highest BCUT2D eigenvalue weighted by atomic mass is 35.5. The van der Waals surface area contributed by atoms with Crippen LogP contribution in [-0.2, 0) is 4.79 Å². The first-order valence-electron chi connectivity index (χ1n) is 9.03. The Balaban J connectivity index is 1.39. The van der Waals surface area contributed by atoms with Gasteiger partial charge in [0.05, 0.1) is 21.8 Å². The monoisotopic (exact) mass is 400 g/mol. The fourth-order valence-electron chi connectivity index (χ4n) is 3.27. The van der Waals surface area contributed by atoms with Crippen molar-refractivity contribution in [1.29, 1.82) is 0 Å². The highest BCUT2D eigenvalue weighted by Crippen LogP contribution is 2.31. The number of nitrogens with one attached hydrogen (secondary N) is 2. The number of hydrazine groups is 1. The molecule has 1 aromatic heterocycles. The summed E-state index contributed by atoms with van der Waals surface area (Å²) in [7, 11) is 0. The summed E-state index contributed by atoms with van der Waals surface area (Å²) in [5, 5.41) is 1.67. The smallest absolute Gasteiger partial charge is 0.243 e. The number of fused-ring (bicyclic) bond motifs is 1. The average molecular weight is 401 g/mol. The molecular weight excluding hydrogens is 380 g/mol. The van der Waals surface area contributed by atoms with Crippen molar-refractivity contribution < 1.29 is 4.79 Å². The molecule has 2 aromatic carbocycles. The van der Waals surface area contributed by atoms with Crippen LogP contribution in [-0.4, -0.2) is 24.0 Å². The van der Waals surface area contributed by atoms with E-state index in [1.165, 1.54) is 4.70 Å². The topological polar surface area (TPSA) is 57.3 Å². The molecule has 2 heterocycles. The summed E-state index contributed by atoms with van der Waals surface area (Å²) < 4.78 is 1.18. The van der Waals surface area contributed by atoms with Crippen LogP contribution < -0.4 is 15.8 Å². The van der Waals surface area contributed by atoms with Crippen molar-refractivity contribution in [3.05, 3.63) is 53.1 Å². The molecule has 0 unspecified atom stereocenters. The summed E-state index contributed by atoms with van der Waals surface area (Å²) in [4.78, 5) is 19.6. The molecule has 0 aliphatic carbocycles. The van der Waals surface area contributed by atoms with Gasteiger partial charge in [-0.1, -0.05) is 41.1 Å². The predicted molar refractivity (Wildman–Crippen MR) is 113 cm³/mol. The van der Waals surface area contributed by atoms with Crippen LogP contribution in [0.4, 0.5) is 10.8 Å². The Morgan fingerprint density at radius 2 is 2.15 bits per heavy atom. The van der Waals surface area contributed by atoms with Gasteiger partial charge < -0.3 is 4.90 Å². The first-order valence-corrected chi connectivity index (χ1v) is 10.2. The molecular formula is C20H21ClN4OS. The van der Waals surface area contributed by atoms with Gasteiger partial charge in [-0.25, -0.2) is 4.98 Å². The Morgan fingerprint density at radius 3 is 2.96 bits per heavy atom. The third-order valence-electron chi connectivity index (χ3n) is 4.85. The molecule has 1 aliphatic heterocycles. The van der Waals surface area contributed by atoms with E-state index in [1.54, 1.807) is 11.3 Å². The SMILES string of the molecule is Cc1ccc(NNC(=O)[C@H]2CCCN(c3nc4ccccc4s3)C2)cc1Cl. The number of hydrogen-bond acceptors (Lipinski definition) is 5. The number of rotatable bonds is 4. The molecule has 3 aromatic rings. The maximum atomic E-state index is 12.6. The zero-order valence-corrected chi connectivity index (χ0v) is 16.6. The van der Waals surface area contributed by atoms with Gasteiger partial charge in [-0.2, -0.15) is 0 Å². The van der Waals surface area contributed by atoms with Gasteiger partial charge in [0.15, 0.2) is 5.13 Å². The third-order valence-corrected chi connectivity index (χ3v) is 6.35. The average Bonchev–Trinajstić information content (AvgIpc) is 3.13. The summed E-state index contributed by atoms with van der Waals surface area (Å²) in [6.07, 6.45) is 1.86. The molecule has 1 saturated heterocycles. The molecule has 0 saturated carbocycles. The van der Waals surface area contributed by atoms with Crippen molar-refractivity contribution in [2.75, 3.05) is 23.4 Å². The maximum Gasteiger partial charge on any atom is 0.243 e. The van der Waals surface area contributed by atoms with Crippen LogP contribution in [0.25, 0.3) is 10.2 Å². The van der Waals surface area contributed by atoms with Crippen molar-refractivity contribution in [2.24, 2.45) is 5.92 Å². The van der Waals surface area contributed by atoms with Crippen LogP contribution in [0, 0.1) is 12.8 Å². The summed E-state index contributed by atoms with van der Waals surface area (Å²) in [5.41, 5.74) is 8.59. The van der Waals surface area contributed by atoms with Crippen LogP contribution in [0.2, 0.25) is 5.02 Å². The van der Waals surface area contributed by atoms with Crippen LogP contribution in [0.3, 0.4) is 0 Å². The lowest BCUT2D eigenvalue weighted by Crippen LogP contribution is -2.44. The summed E-state index contributed by atoms with van der Waals surface area (Å²) in [6, 6.07) is 13.8. The predicted octanol–water partition coefficient (Wildman–Crippen LogP) is 4.62. The number of halogens is 1. The molecule has 27 heavy (non-hydrogen) atoms. The Morgan fingerprint density at radius 1 is 1.30 bits per heavy atom. The van der Waals surface area contributed by atoms with Crippen LogP contribution in [0.15, 0.2) is 42.5 Å². The minimum absolute atomic E-state index is 0.00231. The molecule has 4 rings (SSSR count). The van der Waals surface area contributed by atoms with Gasteiger partial charge >= 0.3 is 0 Å². The molecule has 5 nitrogen and oxygen atoms in total. The second-order valence-electron chi connectivity index (χ2n) is 6.83. The lowest BCUT2D eigenvalue weighted by molar-refractivity contribution is -0.124. The number of nitrogens with zero attached hydrogens (tertiary/aromatic N) is 2. The van der Waals surface area contributed by atoms with Gasteiger partial charge in [0.1, 0.15) is 0 Å². The van der Waals surface area contributed by atoms with Crippen molar-refractivity contribution in [2.45, 2.75) is 19.8 Å². The summed E-state index contributed by atoms with van der Waals surface area (Å²) >= 11 is 7.82. The second kappa shape index (κ2) is 7.74. The van der Waals surface area contributed by atoms with E-state index in [9.17, 15) is 4.79 Å². The zero-order chi connectivity index (χ0) is 18.8. The van der Waals surface area contributed by atoms with E-state index in [2.05, 4.69) is 21.8 Å². The van der Waals surface area contributed by atoms with E-state index in [0.717, 1.165) is 41.3 Å². The van der Waals surface area contributed by atoms with Gasteiger partial charge in [-0.3, -0.25) is 15.6 Å². The van der Waals surface area contributed by atoms with Crippen molar-refractivity contribution in [1.82, 2.24) is 10.4 Å². The van der Waals surface area contributed by atoms with E-state index >= 15 is 0 Å². The molecule has 7 heteroatoms. The number of amides is 1. The summed E-state index contributed by atoms with van der Waals surface area (Å²) in [5.74, 6) is -0.0725. The molecule has 0 bridgehead atoms. The van der Waals surface area contributed by atoms with Crippen molar-refractivity contribution in [3.63, 3.8) is 0 Å². The Hall–Kier alpha value is -2.31. The van der Waals surface area contributed by atoms with E-state index in [1.807, 2.05) is 43.3 Å². The van der Waals surface area contributed by atoms with Crippen molar-refractivity contribution in [3.8, 4) is 0 Å². The van der Waals surface area contributed by atoms with E-state index in [4.69, 9.17) is 16.6 Å². The number of aromatic nitrogens is 1. The third kappa shape index (κ3) is 4.01. The normalized spacial score (nSPS) is 17.1. The van der Waals surface area contributed by atoms with Gasteiger partial charge in [0.25, 0.3) is 0 Å². The molecule has 1 amide bonds. The highest BCUT2D eigenvalue weighted by molar-refractivity contribution is 7.22. The largest absolute Gasteiger partial charge is 0.347 e. The van der Waals surface area contributed by atoms with Crippen molar-refractivity contribution >= 4 is 49.9 Å². The number of anilines is 2. The number of benzene rings is 2. The lowest BCUT2D eigenvalue weighted by Gasteiger charge is -2.31. The summed E-state index contributed by atoms with van der Waals surface area (Å²) in [6.45, 7) is 3.57. The molecule has 1 fully saturated rings. The standard InChI is InChI=1S/C20H21ClN4OS/c1-13-8-9-15(11-16(13)21)23-24-19(26)14-5-4-10-25(12-14)20-22-17-6-2-3-7-18(17)27-20/h2-3,6-9,11,14,23H,4-5,10,12H2,1H3,(H,24,26)/t14-/m0/s1. The molecule has 0 spiro atoms. The lowest BCUT2D eigenvalue weighted by atomic mass is 9.98. The Bertz CT molecular complexity index is 941. The maximum absolute atomic E-state index is 12.6. The zero-order valence-electron chi connectivity index (χ0n) is 15.0. The van der Waals surface area contributed by atoms with Crippen LogP contribution in [0.1, 0.15) is 18.4 Å². The first-order chi connectivity index (χ1) is 13.1. The molecule has 0 radical (unpaired) electrons. The van der Waals surface area contributed by atoms with Crippen LogP contribution >= 0.6 is 22.9 Å². The number of aryl methyl sites for hydroxylation is 1. The van der Waals surface area contributed by atoms with Gasteiger partial charge in [-0.05, 0) is 49.6 Å². The molecule has 1 atom stereocenters. The first kappa shape index (κ1) is 18.1. The Labute approximate surface area is 167 Å². The van der Waals surface area contributed by atoms with Gasteiger partial charge in [0.2, 0.25) is 5.91 Å². The fraction of sp³-hybridized carbons (Fsp3) is 0.300. The molecule has 140 valence electrons.